The fourth-order valence-electron chi connectivity index (χ4n) is 2.93. The molecule has 154 valence electrons. The first-order valence-electron chi connectivity index (χ1n) is 9.32. The smallest absolute Gasteiger partial charge is 0.341 e. The maximum Gasteiger partial charge on any atom is 0.341 e. The number of fused-ring (bicyclic) bond motifs is 1. The minimum atomic E-state index is -1.05. The normalized spacial score (nSPS) is 11.0. The number of amides is 1. The Bertz CT molecular complexity index is 1250. The molecule has 2 N–H and O–H groups in total. The molecule has 0 saturated carbocycles. The molecule has 0 aliphatic heterocycles. The van der Waals surface area contributed by atoms with E-state index in [1.165, 1.54) is 6.21 Å². The predicted octanol–water partition coefficient (Wildman–Crippen LogP) is 3.72. The second-order valence-corrected chi connectivity index (χ2v) is 6.50. The fourth-order valence-corrected chi connectivity index (χ4v) is 2.93. The summed E-state index contributed by atoms with van der Waals surface area (Å²) < 4.78 is 10.5. The van der Waals surface area contributed by atoms with Gasteiger partial charge in [-0.15, -0.1) is 0 Å². The molecule has 8 nitrogen and oxygen atoms in total. The number of carboxylic acids is 1. The number of hydrogen-bond donors (Lipinski definition) is 2. The lowest BCUT2D eigenvalue weighted by atomic mass is 10.1. The number of hydrazone groups is 1. The summed E-state index contributed by atoms with van der Waals surface area (Å²) >= 11 is 0. The number of nitrogens with zero attached hydrogens (tertiary/aromatic N) is 2. The third-order valence-electron chi connectivity index (χ3n) is 4.36. The van der Waals surface area contributed by atoms with Crippen LogP contribution < -0.4 is 10.2 Å². The van der Waals surface area contributed by atoms with E-state index in [1.807, 2.05) is 24.3 Å². The van der Waals surface area contributed by atoms with E-state index in [9.17, 15) is 9.59 Å². The van der Waals surface area contributed by atoms with Gasteiger partial charge in [-0.1, -0.05) is 18.2 Å². The van der Waals surface area contributed by atoms with E-state index in [-0.39, 0.29) is 5.91 Å². The molecule has 2 heterocycles. The minimum absolute atomic E-state index is 0.385. The van der Waals surface area contributed by atoms with Crippen LogP contribution in [0.1, 0.15) is 15.9 Å². The highest BCUT2D eigenvalue weighted by Gasteiger charge is 2.14. The molecule has 0 spiro atoms. The van der Waals surface area contributed by atoms with E-state index < -0.39 is 12.6 Å². The van der Waals surface area contributed by atoms with Gasteiger partial charge in [-0.3, -0.25) is 4.79 Å². The average Bonchev–Trinajstić information content (AvgIpc) is 3.33. The number of hydrogen-bond acceptors (Lipinski definition) is 6. The van der Waals surface area contributed by atoms with Gasteiger partial charge in [0.05, 0.1) is 23.6 Å². The number of para-hydroxylation sites is 1. The molecular formula is C23H17N3O5. The van der Waals surface area contributed by atoms with Gasteiger partial charge in [0.2, 0.25) is 0 Å². The Morgan fingerprint density at radius 3 is 2.65 bits per heavy atom. The van der Waals surface area contributed by atoms with Crippen LogP contribution in [0.5, 0.6) is 5.75 Å². The number of benzene rings is 2. The Labute approximate surface area is 176 Å². The van der Waals surface area contributed by atoms with Crippen LogP contribution >= 0.6 is 0 Å². The van der Waals surface area contributed by atoms with Gasteiger partial charge >= 0.3 is 5.97 Å². The molecular weight excluding hydrogens is 398 g/mol. The van der Waals surface area contributed by atoms with Crippen molar-refractivity contribution in [1.82, 2.24) is 10.4 Å². The average molecular weight is 415 g/mol. The highest BCUT2D eigenvalue weighted by atomic mass is 16.5. The summed E-state index contributed by atoms with van der Waals surface area (Å²) in [6.45, 7) is -0.413. The van der Waals surface area contributed by atoms with Crippen LogP contribution in [-0.2, 0) is 4.79 Å². The zero-order valence-corrected chi connectivity index (χ0v) is 16.2. The molecule has 0 fully saturated rings. The quantitative estimate of drug-likeness (QED) is 0.351. The van der Waals surface area contributed by atoms with Crippen molar-refractivity contribution in [3.63, 3.8) is 0 Å². The number of nitrogens with one attached hydrogen (secondary N) is 1. The molecule has 0 aliphatic rings. The monoisotopic (exact) mass is 415 g/mol. The number of carbonyl (C=O) groups excluding carboxylic acids is 1. The Morgan fingerprint density at radius 2 is 1.90 bits per heavy atom. The summed E-state index contributed by atoms with van der Waals surface area (Å²) in [5.74, 6) is -0.443. The standard InChI is InChI=1S/C23H17N3O5/c27-22(28)14-31-16-9-7-15(8-10-16)13-24-26-23(29)18-12-20(21-6-3-11-30-21)25-19-5-2-1-4-17(18)19/h1-13H,14H2,(H,26,29)(H,27,28)/b24-13-. The van der Waals surface area contributed by atoms with Crippen molar-refractivity contribution in [3.05, 3.63) is 84.1 Å². The van der Waals surface area contributed by atoms with Crippen molar-refractivity contribution in [1.29, 1.82) is 0 Å². The zero-order valence-electron chi connectivity index (χ0n) is 16.2. The highest BCUT2D eigenvalue weighted by molar-refractivity contribution is 6.07. The number of aromatic nitrogens is 1. The molecule has 4 rings (SSSR count). The fraction of sp³-hybridized carbons (Fsp3) is 0.0435. The number of aliphatic carboxylic acids is 1. The van der Waals surface area contributed by atoms with Crippen LogP contribution in [0.25, 0.3) is 22.4 Å². The molecule has 0 aliphatic carbocycles. The first-order valence-corrected chi connectivity index (χ1v) is 9.32. The van der Waals surface area contributed by atoms with Crippen molar-refractivity contribution in [2.75, 3.05) is 6.61 Å². The van der Waals surface area contributed by atoms with Crippen molar-refractivity contribution < 1.29 is 23.8 Å². The van der Waals surface area contributed by atoms with E-state index in [0.717, 1.165) is 0 Å². The molecule has 8 heteroatoms. The minimum Gasteiger partial charge on any atom is -0.482 e. The first-order chi connectivity index (χ1) is 15.1. The third kappa shape index (κ3) is 4.76. The SMILES string of the molecule is O=C(O)COc1ccc(/C=N\NC(=O)c2cc(-c3ccco3)nc3ccccc23)cc1. The van der Waals surface area contributed by atoms with Crippen molar-refractivity contribution in [2.45, 2.75) is 0 Å². The molecule has 4 aromatic rings. The Hall–Kier alpha value is -4.46. The summed E-state index contributed by atoms with van der Waals surface area (Å²) in [5.41, 5.74) is 4.88. The number of rotatable bonds is 7. The van der Waals surface area contributed by atoms with Crippen LogP contribution in [0, 0.1) is 0 Å². The molecule has 0 radical (unpaired) electrons. The van der Waals surface area contributed by atoms with E-state index in [2.05, 4.69) is 15.5 Å². The number of carboxylic acid groups (broad SMARTS) is 1. The largest absolute Gasteiger partial charge is 0.482 e. The summed E-state index contributed by atoms with van der Waals surface area (Å²) in [4.78, 5) is 27.9. The first kappa shape index (κ1) is 19.8. The molecule has 0 saturated heterocycles. The summed E-state index contributed by atoms with van der Waals surface area (Å²) in [5, 5.41) is 13.4. The second-order valence-electron chi connectivity index (χ2n) is 6.50. The molecule has 0 atom stereocenters. The van der Waals surface area contributed by atoms with E-state index in [0.29, 0.717) is 39.2 Å². The van der Waals surface area contributed by atoms with Crippen molar-refractivity contribution >= 4 is 29.0 Å². The summed E-state index contributed by atoms with van der Waals surface area (Å²) in [6, 6.07) is 19.2. The van der Waals surface area contributed by atoms with Gasteiger partial charge in [-0.05, 0) is 54.1 Å². The maximum atomic E-state index is 12.8. The van der Waals surface area contributed by atoms with Gasteiger partial charge < -0.3 is 14.3 Å². The molecule has 2 aromatic carbocycles. The third-order valence-corrected chi connectivity index (χ3v) is 4.36. The lowest BCUT2D eigenvalue weighted by Gasteiger charge is -2.07. The van der Waals surface area contributed by atoms with Gasteiger partial charge in [-0.2, -0.15) is 5.10 Å². The lowest BCUT2D eigenvalue weighted by Crippen LogP contribution is -2.18. The van der Waals surface area contributed by atoms with E-state index in [4.69, 9.17) is 14.3 Å². The van der Waals surface area contributed by atoms with Gasteiger partial charge in [0, 0.05) is 5.39 Å². The number of ether oxygens (including phenoxy) is 1. The number of pyridine rings is 1. The van der Waals surface area contributed by atoms with Crippen molar-refractivity contribution in [3.8, 4) is 17.2 Å². The maximum absolute atomic E-state index is 12.8. The van der Waals surface area contributed by atoms with Crippen LogP contribution in [0.3, 0.4) is 0 Å². The van der Waals surface area contributed by atoms with Crippen LogP contribution in [0.2, 0.25) is 0 Å². The highest BCUT2D eigenvalue weighted by Crippen LogP contribution is 2.25. The summed E-state index contributed by atoms with van der Waals surface area (Å²) in [6.07, 6.45) is 3.03. The summed E-state index contributed by atoms with van der Waals surface area (Å²) in [7, 11) is 0. The number of furan rings is 1. The van der Waals surface area contributed by atoms with Gasteiger partial charge in [0.25, 0.3) is 5.91 Å². The predicted molar refractivity (Wildman–Crippen MR) is 114 cm³/mol. The lowest BCUT2D eigenvalue weighted by molar-refractivity contribution is -0.139. The Morgan fingerprint density at radius 1 is 1.10 bits per heavy atom. The molecule has 2 aromatic heterocycles. The Kier molecular flexibility index (Phi) is 5.70. The number of carbonyl (C=O) groups is 2. The zero-order chi connectivity index (χ0) is 21.6. The van der Waals surface area contributed by atoms with Gasteiger partial charge in [0.15, 0.2) is 12.4 Å². The molecule has 1 amide bonds. The van der Waals surface area contributed by atoms with Crippen LogP contribution in [0.4, 0.5) is 0 Å². The van der Waals surface area contributed by atoms with E-state index in [1.54, 1.807) is 48.7 Å². The van der Waals surface area contributed by atoms with Crippen LogP contribution in [-0.4, -0.2) is 34.8 Å². The van der Waals surface area contributed by atoms with Gasteiger partial charge in [-0.25, -0.2) is 15.2 Å². The van der Waals surface area contributed by atoms with Crippen molar-refractivity contribution in [2.24, 2.45) is 5.10 Å². The molecule has 31 heavy (non-hydrogen) atoms. The van der Waals surface area contributed by atoms with Crippen LogP contribution in [0.15, 0.2) is 82.5 Å². The molecule has 0 bridgehead atoms. The Balaban J connectivity index is 1.51. The van der Waals surface area contributed by atoms with Gasteiger partial charge in [0.1, 0.15) is 11.4 Å². The second kappa shape index (κ2) is 8.91. The van der Waals surface area contributed by atoms with E-state index >= 15 is 0 Å². The topological polar surface area (TPSA) is 114 Å². The molecule has 0 unspecified atom stereocenters.